The molecule has 0 atom stereocenters. The monoisotopic (exact) mass is 630 g/mol. The van der Waals surface area contributed by atoms with Crippen LogP contribution in [0.25, 0.3) is 0 Å². The molecule has 4 aromatic rings. The maximum Gasteiger partial charge on any atom is 0.303 e. The van der Waals surface area contributed by atoms with Gasteiger partial charge in [-0.3, -0.25) is 13.8 Å². The van der Waals surface area contributed by atoms with E-state index in [0.717, 1.165) is 8.61 Å². The molecule has 0 spiro atoms. The molecular formula is C29H28ClFN4O5S2. The van der Waals surface area contributed by atoms with Crippen molar-refractivity contribution in [3.63, 3.8) is 0 Å². The van der Waals surface area contributed by atoms with Gasteiger partial charge in [0, 0.05) is 30.4 Å². The number of hydrogen-bond acceptors (Lipinski definition) is 5. The van der Waals surface area contributed by atoms with Gasteiger partial charge >= 0.3 is 10.2 Å². The van der Waals surface area contributed by atoms with Gasteiger partial charge in [0.25, 0.3) is 15.9 Å². The van der Waals surface area contributed by atoms with Crippen molar-refractivity contribution in [2.24, 2.45) is 0 Å². The van der Waals surface area contributed by atoms with Crippen molar-refractivity contribution in [2.45, 2.75) is 18.4 Å². The Morgan fingerprint density at radius 1 is 0.857 bits per heavy atom. The van der Waals surface area contributed by atoms with Crippen LogP contribution in [0.3, 0.4) is 0 Å². The second-order valence-corrected chi connectivity index (χ2v) is 13.6. The summed E-state index contributed by atoms with van der Waals surface area (Å²) < 4.78 is 70.5. The van der Waals surface area contributed by atoms with Gasteiger partial charge < -0.3 is 5.32 Å². The highest BCUT2D eigenvalue weighted by Gasteiger charge is 2.27. The van der Waals surface area contributed by atoms with Gasteiger partial charge in [-0.25, -0.2) is 12.8 Å². The summed E-state index contributed by atoms with van der Waals surface area (Å²) in [7, 11) is -5.21. The molecular weight excluding hydrogens is 603 g/mol. The van der Waals surface area contributed by atoms with E-state index in [4.69, 9.17) is 11.6 Å². The molecule has 2 N–H and O–H groups in total. The number of benzene rings is 4. The number of rotatable bonds is 10. The standard InChI is InChI=1S/C29H28ClFN4O5S2/c1-20-25(30)7-6-9-27(20)33-41(37,38)24-17-15-23(16-18-24)32-29(36)22-13-11-21(12-14-22)19-35(42(39,40)34(2)3)28-10-5-4-8-26(28)31/h4-18,33H,19H2,1-3H3,(H,32,36). The van der Waals surface area contributed by atoms with Crippen LogP contribution in [0.15, 0.2) is 95.9 Å². The van der Waals surface area contributed by atoms with Crippen LogP contribution in [0, 0.1) is 12.7 Å². The van der Waals surface area contributed by atoms with Gasteiger partial charge in [0.15, 0.2) is 0 Å². The molecule has 1 amide bonds. The molecule has 4 aromatic carbocycles. The number of nitrogens with zero attached hydrogens (tertiary/aromatic N) is 2. The van der Waals surface area contributed by atoms with Gasteiger partial charge in [-0.1, -0.05) is 41.9 Å². The minimum absolute atomic E-state index is 0.00342. The van der Waals surface area contributed by atoms with Crippen LogP contribution in [0.1, 0.15) is 21.5 Å². The van der Waals surface area contributed by atoms with Crippen LogP contribution >= 0.6 is 11.6 Å². The number of amides is 1. The van der Waals surface area contributed by atoms with Crippen LogP contribution in [-0.4, -0.2) is 41.1 Å². The lowest BCUT2D eigenvalue weighted by molar-refractivity contribution is 0.102. The summed E-state index contributed by atoms with van der Waals surface area (Å²) in [5, 5.41) is 3.13. The first-order valence-electron chi connectivity index (χ1n) is 12.5. The molecule has 220 valence electrons. The molecule has 0 aliphatic rings. The zero-order valence-corrected chi connectivity index (χ0v) is 25.3. The predicted octanol–water partition coefficient (Wildman–Crippen LogP) is 5.65. The smallest absolute Gasteiger partial charge is 0.303 e. The third-order valence-electron chi connectivity index (χ3n) is 6.34. The number of nitrogens with one attached hydrogen (secondary N) is 2. The van der Waals surface area contributed by atoms with E-state index in [9.17, 15) is 26.0 Å². The Labute approximate surface area is 249 Å². The van der Waals surface area contributed by atoms with Crippen molar-refractivity contribution in [3.05, 3.63) is 119 Å². The van der Waals surface area contributed by atoms with Gasteiger partial charge in [0.1, 0.15) is 5.82 Å². The van der Waals surface area contributed by atoms with Crippen molar-refractivity contribution >= 4 is 54.8 Å². The van der Waals surface area contributed by atoms with Crippen LogP contribution in [-0.2, 0) is 26.8 Å². The molecule has 0 saturated heterocycles. The van der Waals surface area contributed by atoms with E-state index in [1.807, 2.05) is 0 Å². The molecule has 4 rings (SSSR count). The largest absolute Gasteiger partial charge is 0.322 e. The zero-order chi connectivity index (χ0) is 30.7. The van der Waals surface area contributed by atoms with E-state index in [2.05, 4.69) is 10.0 Å². The summed E-state index contributed by atoms with van der Waals surface area (Å²) in [5.74, 6) is -1.15. The fourth-order valence-electron chi connectivity index (χ4n) is 3.91. The average molecular weight is 631 g/mol. The fraction of sp³-hybridized carbons (Fsp3) is 0.138. The van der Waals surface area contributed by atoms with E-state index in [1.165, 1.54) is 68.7 Å². The summed E-state index contributed by atoms with van der Waals surface area (Å²) in [5.41, 5.74) is 2.02. The first-order chi connectivity index (χ1) is 19.8. The highest BCUT2D eigenvalue weighted by atomic mass is 35.5. The molecule has 0 radical (unpaired) electrons. The van der Waals surface area contributed by atoms with E-state index < -0.39 is 32.0 Å². The molecule has 0 fully saturated rings. The summed E-state index contributed by atoms with van der Waals surface area (Å²) in [6.07, 6.45) is 0. The Balaban J connectivity index is 1.46. The van der Waals surface area contributed by atoms with Crippen molar-refractivity contribution in [1.82, 2.24) is 4.31 Å². The van der Waals surface area contributed by atoms with E-state index in [-0.39, 0.29) is 22.7 Å². The van der Waals surface area contributed by atoms with E-state index in [0.29, 0.717) is 27.5 Å². The quantitative estimate of drug-likeness (QED) is 0.235. The first-order valence-corrected chi connectivity index (χ1v) is 15.8. The Bertz CT molecular complexity index is 1820. The Morgan fingerprint density at radius 2 is 1.50 bits per heavy atom. The molecule has 0 bridgehead atoms. The van der Waals surface area contributed by atoms with Gasteiger partial charge in [-0.05, 0) is 78.7 Å². The van der Waals surface area contributed by atoms with Crippen molar-refractivity contribution in [1.29, 1.82) is 0 Å². The highest BCUT2D eigenvalue weighted by Crippen LogP contribution is 2.27. The van der Waals surface area contributed by atoms with Crippen molar-refractivity contribution < 1.29 is 26.0 Å². The first kappa shape index (κ1) is 31.0. The lowest BCUT2D eigenvalue weighted by Gasteiger charge is -2.27. The second kappa shape index (κ2) is 12.5. The van der Waals surface area contributed by atoms with Crippen LogP contribution in [0.2, 0.25) is 5.02 Å². The highest BCUT2D eigenvalue weighted by molar-refractivity contribution is 7.92. The zero-order valence-electron chi connectivity index (χ0n) is 22.9. The number of carbonyl (C=O) groups is 1. The molecule has 0 aliphatic carbocycles. The molecule has 42 heavy (non-hydrogen) atoms. The molecule has 13 heteroatoms. The lowest BCUT2D eigenvalue weighted by Crippen LogP contribution is -2.40. The molecule has 9 nitrogen and oxygen atoms in total. The van der Waals surface area contributed by atoms with Gasteiger partial charge in [-0.2, -0.15) is 12.7 Å². The summed E-state index contributed by atoms with van der Waals surface area (Å²) in [4.78, 5) is 12.8. The Kier molecular flexibility index (Phi) is 9.21. The minimum Gasteiger partial charge on any atom is -0.322 e. The van der Waals surface area contributed by atoms with Gasteiger partial charge in [-0.15, -0.1) is 0 Å². The maximum absolute atomic E-state index is 14.5. The molecule has 0 aromatic heterocycles. The van der Waals surface area contributed by atoms with Crippen molar-refractivity contribution in [3.8, 4) is 0 Å². The summed E-state index contributed by atoms with van der Waals surface area (Å²) in [6.45, 7) is 1.54. The number of hydrogen-bond donors (Lipinski definition) is 2. The molecule has 0 heterocycles. The Hall–Kier alpha value is -3.97. The maximum atomic E-state index is 14.5. The van der Waals surface area contributed by atoms with E-state index in [1.54, 1.807) is 43.3 Å². The normalized spacial score (nSPS) is 11.8. The van der Waals surface area contributed by atoms with Crippen molar-refractivity contribution in [2.75, 3.05) is 28.4 Å². The third kappa shape index (κ3) is 6.90. The van der Waals surface area contributed by atoms with E-state index >= 15 is 0 Å². The number of anilines is 3. The number of halogens is 2. The Morgan fingerprint density at radius 3 is 2.12 bits per heavy atom. The fourth-order valence-corrected chi connectivity index (χ4v) is 6.31. The lowest BCUT2D eigenvalue weighted by atomic mass is 10.1. The topological polar surface area (TPSA) is 116 Å². The molecule has 0 unspecified atom stereocenters. The second-order valence-electron chi connectivity index (χ2n) is 9.44. The third-order valence-corrected chi connectivity index (χ3v) is 9.93. The van der Waals surface area contributed by atoms with Gasteiger partial charge in [0.2, 0.25) is 0 Å². The molecule has 0 aliphatic heterocycles. The predicted molar refractivity (Wildman–Crippen MR) is 163 cm³/mol. The number of sulfonamides is 1. The average Bonchev–Trinajstić information content (AvgIpc) is 2.95. The SMILES string of the molecule is Cc1c(Cl)cccc1NS(=O)(=O)c1ccc(NC(=O)c2ccc(CN(c3ccccc3F)S(=O)(=O)N(C)C)cc2)cc1. The number of carbonyl (C=O) groups excluding carboxylic acids is 1. The summed E-state index contributed by atoms with van der Waals surface area (Å²) >= 11 is 6.08. The van der Waals surface area contributed by atoms with Crippen LogP contribution < -0.4 is 14.3 Å². The number of para-hydroxylation sites is 1. The van der Waals surface area contributed by atoms with Crippen LogP contribution in [0.4, 0.5) is 21.5 Å². The molecule has 0 saturated carbocycles. The van der Waals surface area contributed by atoms with Gasteiger partial charge in [0.05, 0.1) is 22.8 Å². The minimum atomic E-state index is -4.02. The van der Waals surface area contributed by atoms with Crippen LogP contribution in [0.5, 0.6) is 0 Å². The summed E-state index contributed by atoms with van der Waals surface area (Å²) in [6, 6.07) is 22.3.